The van der Waals surface area contributed by atoms with Crippen LogP contribution in [0.4, 0.5) is 0 Å². The van der Waals surface area contributed by atoms with Gasteiger partial charge in [-0.3, -0.25) is 4.98 Å². The number of rotatable bonds is 7. The van der Waals surface area contributed by atoms with Crippen molar-refractivity contribution in [1.29, 1.82) is 0 Å². The molecule has 1 heterocycles. The van der Waals surface area contributed by atoms with Crippen LogP contribution in [-0.4, -0.2) is 24.2 Å². The number of hydrogen-bond donors (Lipinski definition) is 1. The highest BCUT2D eigenvalue weighted by atomic mass is 35.5. The summed E-state index contributed by atoms with van der Waals surface area (Å²) in [5, 5.41) is 0.687. The average molecular weight is 243 g/mol. The zero-order valence-electron chi connectivity index (χ0n) is 9.66. The zero-order chi connectivity index (χ0) is 11.8. The maximum absolute atomic E-state index is 6.00. The van der Waals surface area contributed by atoms with Crippen LogP contribution in [0.3, 0.4) is 0 Å². The van der Waals surface area contributed by atoms with Gasteiger partial charge in [-0.25, -0.2) is 0 Å². The molecule has 1 unspecified atom stereocenters. The Morgan fingerprint density at radius 3 is 3.00 bits per heavy atom. The van der Waals surface area contributed by atoms with E-state index in [0.29, 0.717) is 5.02 Å². The molecule has 0 fully saturated rings. The molecule has 90 valence electrons. The Balaban J connectivity index is 2.28. The molecule has 1 rings (SSSR count). The third kappa shape index (κ3) is 4.92. The van der Waals surface area contributed by atoms with Crippen molar-refractivity contribution in [3.05, 3.63) is 29.0 Å². The molecule has 1 aromatic heterocycles. The highest BCUT2D eigenvalue weighted by molar-refractivity contribution is 6.31. The molecule has 16 heavy (non-hydrogen) atoms. The first-order valence-corrected chi connectivity index (χ1v) is 6.03. The summed E-state index contributed by atoms with van der Waals surface area (Å²) in [4.78, 5) is 3.94. The predicted molar refractivity (Wildman–Crippen MR) is 66.7 cm³/mol. The van der Waals surface area contributed by atoms with E-state index < -0.39 is 0 Å². The molecule has 1 aromatic rings. The van der Waals surface area contributed by atoms with Crippen LogP contribution < -0.4 is 5.73 Å². The topological polar surface area (TPSA) is 48.1 Å². The second kappa shape index (κ2) is 7.60. The van der Waals surface area contributed by atoms with Crippen LogP contribution in [0.2, 0.25) is 5.02 Å². The molecule has 0 aliphatic carbocycles. The van der Waals surface area contributed by atoms with Crippen LogP contribution in [0.1, 0.15) is 25.3 Å². The fourth-order valence-electron chi connectivity index (χ4n) is 1.44. The van der Waals surface area contributed by atoms with E-state index in [-0.39, 0.29) is 6.04 Å². The lowest BCUT2D eigenvalue weighted by atomic mass is 10.1. The molecule has 0 saturated carbocycles. The minimum atomic E-state index is 0.0942. The maximum atomic E-state index is 6.00. The number of nitrogens with zero attached hydrogens (tertiary/aromatic N) is 1. The van der Waals surface area contributed by atoms with Gasteiger partial charge in [0.15, 0.2) is 0 Å². The molecule has 0 aliphatic heterocycles. The zero-order valence-corrected chi connectivity index (χ0v) is 10.4. The van der Waals surface area contributed by atoms with E-state index in [9.17, 15) is 0 Å². The average Bonchev–Trinajstić information content (AvgIpc) is 2.28. The number of pyridine rings is 1. The molecule has 0 spiro atoms. The van der Waals surface area contributed by atoms with Gasteiger partial charge in [0.1, 0.15) is 0 Å². The molecular weight excluding hydrogens is 224 g/mol. The first-order valence-electron chi connectivity index (χ1n) is 5.65. The van der Waals surface area contributed by atoms with Gasteiger partial charge in [-0.2, -0.15) is 0 Å². The van der Waals surface area contributed by atoms with E-state index >= 15 is 0 Å². The Kier molecular flexibility index (Phi) is 6.38. The molecular formula is C12H19ClN2O. The van der Waals surface area contributed by atoms with Crippen LogP contribution in [-0.2, 0) is 11.2 Å². The standard InChI is InChI=1S/C12H19ClN2O/c1-2-6-16-7-4-11(14)8-10-3-5-15-9-12(10)13/h3,5,9,11H,2,4,6-8,14H2,1H3. The fraction of sp³-hybridized carbons (Fsp3) is 0.583. The summed E-state index contributed by atoms with van der Waals surface area (Å²) in [5.74, 6) is 0. The van der Waals surface area contributed by atoms with Gasteiger partial charge in [-0.05, 0) is 30.9 Å². The molecule has 4 heteroatoms. The van der Waals surface area contributed by atoms with Gasteiger partial charge in [0, 0.05) is 31.6 Å². The second-order valence-corrected chi connectivity index (χ2v) is 4.24. The van der Waals surface area contributed by atoms with Gasteiger partial charge in [0.2, 0.25) is 0 Å². The van der Waals surface area contributed by atoms with Crippen LogP contribution in [0.5, 0.6) is 0 Å². The van der Waals surface area contributed by atoms with Crippen molar-refractivity contribution in [2.75, 3.05) is 13.2 Å². The normalized spacial score (nSPS) is 12.7. The molecule has 3 nitrogen and oxygen atoms in total. The number of ether oxygens (including phenoxy) is 1. The largest absolute Gasteiger partial charge is 0.381 e. The van der Waals surface area contributed by atoms with Crippen molar-refractivity contribution in [1.82, 2.24) is 4.98 Å². The summed E-state index contributed by atoms with van der Waals surface area (Å²) in [7, 11) is 0. The predicted octanol–water partition coefficient (Wildman–Crippen LogP) is 2.42. The van der Waals surface area contributed by atoms with Crippen molar-refractivity contribution in [2.24, 2.45) is 5.73 Å². The Morgan fingerprint density at radius 1 is 1.50 bits per heavy atom. The highest BCUT2D eigenvalue weighted by Gasteiger charge is 2.06. The van der Waals surface area contributed by atoms with Gasteiger partial charge in [-0.15, -0.1) is 0 Å². The van der Waals surface area contributed by atoms with Crippen LogP contribution >= 0.6 is 11.6 Å². The summed E-state index contributed by atoms with van der Waals surface area (Å²) in [6.45, 7) is 3.62. The van der Waals surface area contributed by atoms with Crippen LogP contribution in [0.25, 0.3) is 0 Å². The minimum absolute atomic E-state index is 0.0942. The molecule has 0 amide bonds. The summed E-state index contributed by atoms with van der Waals surface area (Å²) >= 11 is 6.00. The van der Waals surface area contributed by atoms with Crippen molar-refractivity contribution in [3.8, 4) is 0 Å². The van der Waals surface area contributed by atoms with Crippen molar-refractivity contribution >= 4 is 11.6 Å². The smallest absolute Gasteiger partial charge is 0.0621 e. The number of nitrogens with two attached hydrogens (primary N) is 1. The minimum Gasteiger partial charge on any atom is -0.381 e. The van der Waals surface area contributed by atoms with E-state index in [4.69, 9.17) is 22.1 Å². The Bertz CT molecular complexity index is 307. The van der Waals surface area contributed by atoms with Crippen molar-refractivity contribution in [3.63, 3.8) is 0 Å². The number of hydrogen-bond acceptors (Lipinski definition) is 3. The van der Waals surface area contributed by atoms with E-state index in [1.165, 1.54) is 0 Å². The molecule has 0 saturated heterocycles. The van der Waals surface area contributed by atoms with E-state index in [1.54, 1.807) is 12.4 Å². The van der Waals surface area contributed by atoms with Gasteiger partial charge < -0.3 is 10.5 Å². The Morgan fingerprint density at radius 2 is 2.31 bits per heavy atom. The molecule has 0 aromatic carbocycles. The fourth-order valence-corrected chi connectivity index (χ4v) is 1.63. The van der Waals surface area contributed by atoms with Gasteiger partial charge >= 0.3 is 0 Å². The monoisotopic (exact) mass is 242 g/mol. The van der Waals surface area contributed by atoms with Gasteiger partial charge in [0.25, 0.3) is 0 Å². The molecule has 1 atom stereocenters. The lowest BCUT2D eigenvalue weighted by Crippen LogP contribution is -2.24. The second-order valence-electron chi connectivity index (χ2n) is 3.83. The first kappa shape index (κ1) is 13.4. The molecule has 2 N–H and O–H groups in total. The third-order valence-corrected chi connectivity index (χ3v) is 2.66. The van der Waals surface area contributed by atoms with Crippen molar-refractivity contribution < 1.29 is 4.74 Å². The highest BCUT2D eigenvalue weighted by Crippen LogP contribution is 2.15. The number of halogens is 1. The van der Waals surface area contributed by atoms with Crippen molar-refractivity contribution in [2.45, 2.75) is 32.2 Å². The summed E-state index contributed by atoms with van der Waals surface area (Å²) in [6.07, 6.45) is 6.07. The molecule has 0 bridgehead atoms. The quantitative estimate of drug-likeness (QED) is 0.747. The molecule has 0 radical (unpaired) electrons. The van der Waals surface area contributed by atoms with Gasteiger partial charge in [-0.1, -0.05) is 18.5 Å². The summed E-state index contributed by atoms with van der Waals surface area (Å²) in [6, 6.07) is 2.01. The van der Waals surface area contributed by atoms with Gasteiger partial charge in [0.05, 0.1) is 5.02 Å². The van der Waals surface area contributed by atoms with Crippen LogP contribution in [0.15, 0.2) is 18.5 Å². The Labute approximate surface area is 102 Å². The lowest BCUT2D eigenvalue weighted by molar-refractivity contribution is 0.127. The van der Waals surface area contributed by atoms with E-state index in [2.05, 4.69) is 11.9 Å². The third-order valence-electron chi connectivity index (χ3n) is 2.32. The first-order chi connectivity index (χ1) is 7.74. The summed E-state index contributed by atoms with van der Waals surface area (Å²) in [5.41, 5.74) is 7.05. The SMILES string of the molecule is CCCOCCC(N)Cc1ccncc1Cl. The van der Waals surface area contributed by atoms with E-state index in [1.807, 2.05) is 6.07 Å². The Hall–Kier alpha value is -0.640. The lowest BCUT2D eigenvalue weighted by Gasteiger charge is -2.12. The summed E-state index contributed by atoms with van der Waals surface area (Å²) < 4.78 is 5.40. The number of aromatic nitrogens is 1. The van der Waals surface area contributed by atoms with E-state index in [0.717, 1.165) is 38.0 Å². The molecule has 0 aliphatic rings. The maximum Gasteiger partial charge on any atom is 0.0621 e. The van der Waals surface area contributed by atoms with Crippen LogP contribution in [0, 0.1) is 0 Å².